The molecule has 0 saturated heterocycles. The fraction of sp³-hybridized carbons (Fsp3) is 0.417. The molecule has 0 saturated carbocycles. The molecule has 1 rings (SSSR count). The van der Waals surface area contributed by atoms with Gasteiger partial charge in [0, 0.05) is 6.42 Å². The monoisotopic (exact) mass is 194 g/mol. The predicted octanol–water partition coefficient (Wildman–Crippen LogP) is 3.29. The average molecular weight is 194 g/mol. The van der Waals surface area contributed by atoms with Crippen LogP contribution < -0.4 is 0 Å². The summed E-state index contributed by atoms with van der Waals surface area (Å²) in [6, 6.07) is 10.5. The lowest BCUT2D eigenvalue weighted by Gasteiger charge is -2.01. The van der Waals surface area contributed by atoms with E-state index in [1.54, 1.807) is 6.92 Å². The molecule has 0 atom stereocenters. The van der Waals surface area contributed by atoms with E-state index in [0.29, 0.717) is 5.92 Å². The number of rotatable bonds is 2. The molecule has 0 aliphatic rings. The van der Waals surface area contributed by atoms with Gasteiger partial charge in [-0.05, 0) is 11.5 Å². The van der Waals surface area contributed by atoms with Crippen LogP contribution in [0.1, 0.15) is 38.7 Å². The van der Waals surface area contributed by atoms with E-state index in [1.807, 2.05) is 6.07 Å². The maximum absolute atomic E-state index is 9.37. The van der Waals surface area contributed by atoms with Crippen LogP contribution in [-0.4, -0.2) is 11.1 Å². The van der Waals surface area contributed by atoms with Gasteiger partial charge in [0.2, 0.25) is 0 Å². The van der Waals surface area contributed by atoms with Crippen LogP contribution in [0.2, 0.25) is 0 Å². The summed E-state index contributed by atoms with van der Waals surface area (Å²) in [5, 5.41) is 7.72. The zero-order chi connectivity index (χ0) is 11.0. The maximum atomic E-state index is 9.37. The van der Waals surface area contributed by atoms with Crippen LogP contribution in [-0.2, 0) is 4.79 Å². The molecule has 1 aromatic rings. The summed E-state index contributed by atoms with van der Waals surface area (Å²) in [6.07, 6.45) is 0.222. The average Bonchev–Trinajstić information content (AvgIpc) is 2.20. The Morgan fingerprint density at radius 1 is 1.29 bits per heavy atom. The van der Waals surface area contributed by atoms with E-state index in [-0.39, 0.29) is 6.42 Å². The van der Waals surface area contributed by atoms with Gasteiger partial charge in [-0.15, -0.1) is 0 Å². The van der Waals surface area contributed by atoms with Crippen molar-refractivity contribution in [3.63, 3.8) is 0 Å². The van der Waals surface area contributed by atoms with Crippen LogP contribution in [0.3, 0.4) is 0 Å². The Bertz CT molecular complexity index is 252. The highest BCUT2D eigenvalue weighted by Crippen LogP contribution is 2.11. The number of hydrogen-bond donors (Lipinski definition) is 1. The standard InChI is InChI=1S/C9H12.C3H6O2/c1-8(2)9-6-4-3-5-7-9;1-2-3(4)5/h3-8H,1-2H3;2H2,1H3,(H,4,5). The maximum Gasteiger partial charge on any atom is 0.303 e. The topological polar surface area (TPSA) is 37.3 Å². The van der Waals surface area contributed by atoms with Crippen LogP contribution in [0, 0.1) is 0 Å². The van der Waals surface area contributed by atoms with Crippen molar-refractivity contribution in [1.82, 2.24) is 0 Å². The Morgan fingerprint density at radius 3 is 1.93 bits per heavy atom. The number of carbonyl (C=O) groups is 1. The first-order valence-corrected chi connectivity index (χ1v) is 4.84. The molecule has 0 aliphatic heterocycles. The third kappa shape index (κ3) is 6.23. The molecule has 0 unspecified atom stereocenters. The first-order valence-electron chi connectivity index (χ1n) is 4.84. The van der Waals surface area contributed by atoms with Crippen LogP contribution in [0.25, 0.3) is 0 Å². The molecule has 0 heterocycles. The molecule has 2 nitrogen and oxygen atoms in total. The minimum Gasteiger partial charge on any atom is -0.481 e. The predicted molar refractivity (Wildman–Crippen MR) is 58.5 cm³/mol. The van der Waals surface area contributed by atoms with Gasteiger partial charge in [-0.1, -0.05) is 51.1 Å². The van der Waals surface area contributed by atoms with Gasteiger partial charge in [-0.3, -0.25) is 4.79 Å². The lowest BCUT2D eigenvalue weighted by atomic mass is 10.0. The molecule has 0 amide bonds. The van der Waals surface area contributed by atoms with E-state index >= 15 is 0 Å². The summed E-state index contributed by atoms with van der Waals surface area (Å²) in [7, 11) is 0. The lowest BCUT2D eigenvalue weighted by Crippen LogP contribution is -1.86. The van der Waals surface area contributed by atoms with Crippen molar-refractivity contribution < 1.29 is 9.90 Å². The van der Waals surface area contributed by atoms with E-state index in [9.17, 15) is 4.79 Å². The fourth-order valence-corrected chi connectivity index (χ4v) is 0.838. The largest absolute Gasteiger partial charge is 0.481 e. The molecule has 78 valence electrons. The van der Waals surface area contributed by atoms with Crippen molar-refractivity contribution in [3.05, 3.63) is 35.9 Å². The molecular weight excluding hydrogens is 176 g/mol. The van der Waals surface area contributed by atoms with Gasteiger partial charge in [0.15, 0.2) is 0 Å². The van der Waals surface area contributed by atoms with Crippen molar-refractivity contribution in [2.75, 3.05) is 0 Å². The van der Waals surface area contributed by atoms with Gasteiger partial charge in [0.05, 0.1) is 0 Å². The number of carboxylic acids is 1. The van der Waals surface area contributed by atoms with Gasteiger partial charge in [0.25, 0.3) is 0 Å². The van der Waals surface area contributed by atoms with Gasteiger partial charge in [-0.25, -0.2) is 0 Å². The highest BCUT2D eigenvalue weighted by Gasteiger charge is 1.93. The summed E-state index contributed by atoms with van der Waals surface area (Å²) in [5.74, 6) is -0.0869. The number of benzene rings is 1. The van der Waals surface area contributed by atoms with Gasteiger partial charge >= 0.3 is 5.97 Å². The van der Waals surface area contributed by atoms with Gasteiger partial charge in [0.1, 0.15) is 0 Å². The number of carboxylic acid groups (broad SMARTS) is 1. The molecular formula is C12H18O2. The molecule has 0 spiro atoms. The van der Waals surface area contributed by atoms with Crippen molar-refractivity contribution in [1.29, 1.82) is 0 Å². The third-order valence-corrected chi connectivity index (χ3v) is 1.77. The SMILES string of the molecule is CC(C)c1ccccc1.CCC(=O)O. The van der Waals surface area contributed by atoms with Crippen LogP contribution in [0.5, 0.6) is 0 Å². The quantitative estimate of drug-likeness (QED) is 0.784. The summed E-state index contributed by atoms with van der Waals surface area (Å²) < 4.78 is 0. The Labute approximate surface area is 85.6 Å². The third-order valence-electron chi connectivity index (χ3n) is 1.77. The summed E-state index contributed by atoms with van der Waals surface area (Å²) >= 11 is 0. The minimum absolute atomic E-state index is 0.222. The zero-order valence-electron chi connectivity index (χ0n) is 9.03. The van der Waals surface area contributed by atoms with Crippen molar-refractivity contribution in [2.24, 2.45) is 0 Å². The smallest absolute Gasteiger partial charge is 0.303 e. The molecule has 1 aromatic carbocycles. The second-order valence-corrected chi connectivity index (χ2v) is 3.31. The summed E-state index contributed by atoms with van der Waals surface area (Å²) in [5.41, 5.74) is 1.41. The second-order valence-electron chi connectivity index (χ2n) is 3.31. The second kappa shape index (κ2) is 7.13. The zero-order valence-corrected chi connectivity index (χ0v) is 9.03. The van der Waals surface area contributed by atoms with E-state index in [2.05, 4.69) is 38.1 Å². The van der Waals surface area contributed by atoms with Crippen molar-refractivity contribution in [3.8, 4) is 0 Å². The lowest BCUT2D eigenvalue weighted by molar-refractivity contribution is -0.136. The van der Waals surface area contributed by atoms with Crippen LogP contribution in [0.15, 0.2) is 30.3 Å². The molecule has 0 bridgehead atoms. The first kappa shape index (κ1) is 12.7. The number of hydrogen-bond acceptors (Lipinski definition) is 1. The Hall–Kier alpha value is -1.31. The van der Waals surface area contributed by atoms with E-state index < -0.39 is 5.97 Å². The molecule has 2 heteroatoms. The highest BCUT2D eigenvalue weighted by molar-refractivity contribution is 5.66. The Kier molecular flexibility index (Phi) is 6.46. The Morgan fingerprint density at radius 2 is 1.71 bits per heavy atom. The first-order chi connectivity index (χ1) is 6.57. The van der Waals surface area contributed by atoms with Crippen LogP contribution >= 0.6 is 0 Å². The normalized spacial score (nSPS) is 9.14. The van der Waals surface area contributed by atoms with Gasteiger partial charge in [-0.2, -0.15) is 0 Å². The van der Waals surface area contributed by atoms with E-state index in [0.717, 1.165) is 0 Å². The highest BCUT2D eigenvalue weighted by atomic mass is 16.4. The van der Waals surface area contributed by atoms with Crippen LogP contribution in [0.4, 0.5) is 0 Å². The molecule has 14 heavy (non-hydrogen) atoms. The summed E-state index contributed by atoms with van der Waals surface area (Å²) in [6.45, 7) is 6.01. The minimum atomic E-state index is -0.745. The number of aliphatic carboxylic acids is 1. The molecule has 0 radical (unpaired) electrons. The van der Waals surface area contributed by atoms with Crippen molar-refractivity contribution >= 4 is 5.97 Å². The molecule has 1 N–H and O–H groups in total. The molecule has 0 aliphatic carbocycles. The fourth-order valence-electron chi connectivity index (χ4n) is 0.838. The molecule has 0 aromatic heterocycles. The van der Waals surface area contributed by atoms with E-state index in [1.165, 1.54) is 5.56 Å². The Balaban J connectivity index is 0.000000292. The van der Waals surface area contributed by atoms with Gasteiger partial charge < -0.3 is 5.11 Å². The van der Waals surface area contributed by atoms with E-state index in [4.69, 9.17) is 5.11 Å². The summed E-state index contributed by atoms with van der Waals surface area (Å²) in [4.78, 5) is 9.37. The molecule has 0 fully saturated rings. The van der Waals surface area contributed by atoms with Crippen molar-refractivity contribution in [2.45, 2.75) is 33.1 Å².